The molecular formula is C12H16ClN3. The zero-order chi connectivity index (χ0) is 11.9. The van der Waals surface area contributed by atoms with Crippen LogP contribution in [0, 0.1) is 5.92 Å². The Morgan fingerprint density at radius 2 is 2.06 bits per heavy atom. The molecule has 0 unspecified atom stereocenters. The van der Waals surface area contributed by atoms with E-state index in [2.05, 4.69) is 18.8 Å². The summed E-state index contributed by atoms with van der Waals surface area (Å²) in [4.78, 5) is 4.55. The lowest BCUT2D eigenvalue weighted by molar-refractivity contribution is 0.480. The summed E-state index contributed by atoms with van der Waals surface area (Å²) in [6.07, 6.45) is 0. The van der Waals surface area contributed by atoms with Gasteiger partial charge in [0.2, 0.25) is 0 Å². The lowest BCUT2D eigenvalue weighted by atomic mass is 10.1. The van der Waals surface area contributed by atoms with E-state index in [9.17, 15) is 0 Å². The molecule has 4 heteroatoms. The summed E-state index contributed by atoms with van der Waals surface area (Å²) in [5.74, 6) is 1.28. The Labute approximate surface area is 100 Å². The molecule has 2 aromatic rings. The number of aromatic nitrogens is 2. The Morgan fingerprint density at radius 3 is 2.69 bits per heavy atom. The van der Waals surface area contributed by atoms with Gasteiger partial charge < -0.3 is 10.3 Å². The van der Waals surface area contributed by atoms with E-state index in [0.29, 0.717) is 10.9 Å². The van der Waals surface area contributed by atoms with Crippen LogP contribution in [0.5, 0.6) is 0 Å². The number of hydrogen-bond donors (Lipinski definition) is 1. The lowest BCUT2D eigenvalue weighted by Crippen LogP contribution is -2.20. The van der Waals surface area contributed by atoms with E-state index in [0.717, 1.165) is 16.9 Å². The van der Waals surface area contributed by atoms with Gasteiger partial charge in [-0.1, -0.05) is 25.4 Å². The van der Waals surface area contributed by atoms with E-state index in [1.165, 1.54) is 0 Å². The number of aryl methyl sites for hydroxylation is 1. The van der Waals surface area contributed by atoms with Gasteiger partial charge in [-0.2, -0.15) is 0 Å². The van der Waals surface area contributed by atoms with Crippen LogP contribution in [0.4, 0.5) is 0 Å². The lowest BCUT2D eigenvalue weighted by Gasteiger charge is -2.14. The quantitative estimate of drug-likeness (QED) is 0.873. The predicted octanol–water partition coefficient (Wildman–Crippen LogP) is 2.88. The number of benzene rings is 1. The molecular weight excluding hydrogens is 222 g/mol. The van der Waals surface area contributed by atoms with Crippen molar-refractivity contribution < 1.29 is 0 Å². The van der Waals surface area contributed by atoms with E-state index >= 15 is 0 Å². The number of nitrogens with zero attached hydrogens (tertiary/aromatic N) is 2. The van der Waals surface area contributed by atoms with Crippen molar-refractivity contribution in [3.05, 3.63) is 29.0 Å². The van der Waals surface area contributed by atoms with Crippen molar-refractivity contribution in [2.75, 3.05) is 0 Å². The molecule has 1 aromatic heterocycles. The van der Waals surface area contributed by atoms with Crippen LogP contribution < -0.4 is 5.73 Å². The highest BCUT2D eigenvalue weighted by Crippen LogP contribution is 2.24. The molecule has 1 atom stereocenters. The van der Waals surface area contributed by atoms with Gasteiger partial charge in [-0.3, -0.25) is 0 Å². The van der Waals surface area contributed by atoms with Gasteiger partial charge in [0.1, 0.15) is 5.82 Å². The first kappa shape index (κ1) is 11.4. The first-order valence-electron chi connectivity index (χ1n) is 5.38. The van der Waals surface area contributed by atoms with Gasteiger partial charge in [0.25, 0.3) is 0 Å². The normalized spacial score (nSPS) is 13.6. The molecule has 1 aromatic carbocycles. The van der Waals surface area contributed by atoms with Gasteiger partial charge >= 0.3 is 0 Å². The van der Waals surface area contributed by atoms with E-state index < -0.39 is 0 Å². The molecule has 0 saturated heterocycles. The maximum atomic E-state index is 6.12. The Morgan fingerprint density at radius 1 is 1.38 bits per heavy atom. The van der Waals surface area contributed by atoms with Gasteiger partial charge in [0, 0.05) is 12.1 Å². The molecule has 86 valence electrons. The standard InChI is InChI=1S/C12H16ClN3/c1-7(2)11(14)12-15-9-6-8(13)4-5-10(9)16(12)3/h4-7,11H,14H2,1-3H3/t11-/m0/s1. The third-order valence-corrected chi connectivity index (χ3v) is 3.13. The van der Waals surface area contributed by atoms with Crippen molar-refractivity contribution in [2.45, 2.75) is 19.9 Å². The van der Waals surface area contributed by atoms with Crippen LogP contribution >= 0.6 is 11.6 Å². The zero-order valence-corrected chi connectivity index (χ0v) is 10.5. The Hall–Kier alpha value is -1.06. The van der Waals surface area contributed by atoms with E-state index in [1.54, 1.807) is 0 Å². The molecule has 1 heterocycles. The number of halogens is 1. The summed E-state index contributed by atoms with van der Waals surface area (Å²) in [6, 6.07) is 5.67. The fraction of sp³-hybridized carbons (Fsp3) is 0.417. The highest BCUT2D eigenvalue weighted by molar-refractivity contribution is 6.31. The molecule has 2 rings (SSSR count). The summed E-state index contributed by atoms with van der Waals surface area (Å²) >= 11 is 5.94. The van der Waals surface area contributed by atoms with Gasteiger partial charge in [-0.25, -0.2) is 4.98 Å². The smallest absolute Gasteiger partial charge is 0.126 e. The van der Waals surface area contributed by atoms with Gasteiger partial charge in [-0.05, 0) is 24.1 Å². The molecule has 3 nitrogen and oxygen atoms in total. The Balaban J connectivity index is 2.60. The van der Waals surface area contributed by atoms with Crippen molar-refractivity contribution in [2.24, 2.45) is 18.7 Å². The predicted molar refractivity (Wildman–Crippen MR) is 67.5 cm³/mol. The van der Waals surface area contributed by atoms with Crippen molar-refractivity contribution in [1.82, 2.24) is 9.55 Å². The summed E-state index contributed by atoms with van der Waals surface area (Å²) < 4.78 is 2.04. The van der Waals surface area contributed by atoms with Crippen molar-refractivity contribution in [3.8, 4) is 0 Å². The highest BCUT2D eigenvalue weighted by Gasteiger charge is 2.17. The fourth-order valence-corrected chi connectivity index (χ4v) is 1.95. The topological polar surface area (TPSA) is 43.8 Å². The Bertz CT molecular complexity index is 516. The minimum Gasteiger partial charge on any atom is -0.330 e. The minimum atomic E-state index is -0.0452. The highest BCUT2D eigenvalue weighted by atomic mass is 35.5. The van der Waals surface area contributed by atoms with Gasteiger partial charge in [-0.15, -0.1) is 0 Å². The third kappa shape index (κ3) is 1.81. The molecule has 0 saturated carbocycles. The van der Waals surface area contributed by atoms with Crippen LogP contribution in [0.15, 0.2) is 18.2 Å². The first-order chi connectivity index (χ1) is 7.50. The summed E-state index contributed by atoms with van der Waals surface area (Å²) in [5.41, 5.74) is 8.09. The average molecular weight is 238 g/mol. The molecule has 0 fully saturated rings. The van der Waals surface area contributed by atoms with Crippen molar-refractivity contribution in [1.29, 1.82) is 0 Å². The van der Waals surface area contributed by atoms with Crippen LogP contribution in [-0.4, -0.2) is 9.55 Å². The summed E-state index contributed by atoms with van der Waals surface area (Å²) in [6.45, 7) is 4.19. The number of rotatable bonds is 2. The number of nitrogens with two attached hydrogens (primary N) is 1. The van der Waals surface area contributed by atoms with Crippen molar-refractivity contribution >= 4 is 22.6 Å². The molecule has 0 amide bonds. The second-order valence-electron chi connectivity index (χ2n) is 4.43. The van der Waals surface area contributed by atoms with E-state index in [-0.39, 0.29) is 6.04 Å². The number of fused-ring (bicyclic) bond motifs is 1. The van der Waals surface area contributed by atoms with Gasteiger partial charge in [0.15, 0.2) is 0 Å². The molecule has 16 heavy (non-hydrogen) atoms. The summed E-state index contributed by atoms with van der Waals surface area (Å²) in [5, 5.41) is 0.704. The van der Waals surface area contributed by atoms with Crippen LogP contribution in [0.1, 0.15) is 25.7 Å². The van der Waals surface area contributed by atoms with E-state index in [4.69, 9.17) is 17.3 Å². The largest absolute Gasteiger partial charge is 0.330 e. The maximum absolute atomic E-state index is 6.12. The number of hydrogen-bond acceptors (Lipinski definition) is 2. The molecule has 0 radical (unpaired) electrons. The molecule has 0 aliphatic heterocycles. The molecule has 2 N–H and O–H groups in total. The van der Waals surface area contributed by atoms with Gasteiger partial charge in [0.05, 0.1) is 17.1 Å². The molecule has 0 aliphatic rings. The SMILES string of the molecule is CC(C)[C@H](N)c1nc2cc(Cl)ccc2n1C. The third-order valence-electron chi connectivity index (χ3n) is 2.89. The second-order valence-corrected chi connectivity index (χ2v) is 4.87. The monoisotopic (exact) mass is 237 g/mol. The number of imidazole rings is 1. The minimum absolute atomic E-state index is 0.0452. The summed E-state index contributed by atoms with van der Waals surface area (Å²) in [7, 11) is 1.99. The van der Waals surface area contributed by atoms with Crippen LogP contribution in [0.3, 0.4) is 0 Å². The van der Waals surface area contributed by atoms with Crippen molar-refractivity contribution in [3.63, 3.8) is 0 Å². The molecule has 0 aliphatic carbocycles. The first-order valence-corrected chi connectivity index (χ1v) is 5.76. The van der Waals surface area contributed by atoms with Crippen LogP contribution in [0.2, 0.25) is 5.02 Å². The maximum Gasteiger partial charge on any atom is 0.126 e. The average Bonchev–Trinajstić information content (AvgIpc) is 2.54. The molecule has 0 bridgehead atoms. The van der Waals surface area contributed by atoms with Crippen LogP contribution in [-0.2, 0) is 7.05 Å². The fourth-order valence-electron chi connectivity index (χ4n) is 1.79. The Kier molecular flexibility index (Phi) is 2.91. The van der Waals surface area contributed by atoms with Crippen LogP contribution in [0.25, 0.3) is 11.0 Å². The second kappa shape index (κ2) is 4.07. The zero-order valence-electron chi connectivity index (χ0n) is 9.74. The molecule has 0 spiro atoms. The van der Waals surface area contributed by atoms with E-state index in [1.807, 2.05) is 29.8 Å².